The topological polar surface area (TPSA) is 70.4 Å². The lowest BCUT2D eigenvalue weighted by Crippen LogP contribution is -2.56. The molecule has 0 radical (unpaired) electrons. The Morgan fingerprint density at radius 1 is 1.23 bits per heavy atom. The van der Waals surface area contributed by atoms with Crippen LogP contribution in [0.1, 0.15) is 74.7 Å². The summed E-state index contributed by atoms with van der Waals surface area (Å²) in [6.07, 6.45) is 2.86. The summed E-state index contributed by atoms with van der Waals surface area (Å²) in [4.78, 5) is 26.8. The summed E-state index contributed by atoms with van der Waals surface area (Å²) in [6.45, 7) is 11.8. The average Bonchev–Trinajstić information content (AvgIpc) is 2.48. The van der Waals surface area contributed by atoms with Crippen molar-refractivity contribution in [3.63, 3.8) is 0 Å². The third-order valence-electron chi connectivity index (χ3n) is 6.21. The summed E-state index contributed by atoms with van der Waals surface area (Å²) in [5, 5.41) is 9.43. The van der Waals surface area contributed by atoms with E-state index in [2.05, 4.69) is 13.0 Å². The summed E-state index contributed by atoms with van der Waals surface area (Å²) < 4.78 is 5.50. The van der Waals surface area contributed by atoms with Crippen LogP contribution >= 0.6 is 0 Å². The maximum atomic E-state index is 12.6. The molecule has 0 aliphatic heterocycles. The SMILES string of the molecule is C.CN(C(=O)OC(C)(C)C)C1CCC2C(C)(CC(C#N)C(=O)C2(C)C)C1. The number of rotatable bonds is 1. The molecule has 2 fully saturated rings. The summed E-state index contributed by atoms with van der Waals surface area (Å²) in [5.41, 5.74) is -1.11. The average molecular weight is 365 g/mol. The van der Waals surface area contributed by atoms with Gasteiger partial charge in [0.25, 0.3) is 0 Å². The van der Waals surface area contributed by atoms with Gasteiger partial charge in [-0.15, -0.1) is 0 Å². The van der Waals surface area contributed by atoms with Gasteiger partial charge < -0.3 is 9.64 Å². The van der Waals surface area contributed by atoms with E-state index in [4.69, 9.17) is 4.74 Å². The zero-order chi connectivity index (χ0) is 19.2. The molecule has 148 valence electrons. The molecule has 2 saturated carbocycles. The highest BCUT2D eigenvalue weighted by Crippen LogP contribution is 2.58. The fourth-order valence-electron chi connectivity index (χ4n) is 5.05. The number of ether oxygens (including phenoxy) is 1. The highest BCUT2D eigenvalue weighted by atomic mass is 16.6. The van der Waals surface area contributed by atoms with Crippen LogP contribution in [0.4, 0.5) is 4.79 Å². The Labute approximate surface area is 159 Å². The second kappa shape index (κ2) is 7.21. The molecule has 26 heavy (non-hydrogen) atoms. The normalized spacial score (nSPS) is 33.3. The summed E-state index contributed by atoms with van der Waals surface area (Å²) in [6, 6.07) is 2.29. The maximum absolute atomic E-state index is 12.6. The molecule has 0 aromatic carbocycles. The van der Waals surface area contributed by atoms with E-state index in [1.54, 1.807) is 11.9 Å². The van der Waals surface area contributed by atoms with Crippen LogP contribution in [-0.2, 0) is 9.53 Å². The number of hydrogen-bond donors (Lipinski definition) is 0. The Morgan fingerprint density at radius 2 is 1.81 bits per heavy atom. The van der Waals surface area contributed by atoms with Crippen molar-refractivity contribution in [3.8, 4) is 6.07 Å². The molecule has 0 heterocycles. The molecule has 4 atom stereocenters. The summed E-state index contributed by atoms with van der Waals surface area (Å²) in [5.74, 6) is -0.210. The monoisotopic (exact) mass is 364 g/mol. The fraction of sp³-hybridized carbons (Fsp3) is 0.857. The zero-order valence-electron chi connectivity index (χ0n) is 16.7. The first-order valence-electron chi connectivity index (χ1n) is 9.21. The van der Waals surface area contributed by atoms with Gasteiger partial charge in [-0.3, -0.25) is 4.79 Å². The molecule has 4 unspecified atom stereocenters. The van der Waals surface area contributed by atoms with Crippen molar-refractivity contribution in [3.05, 3.63) is 0 Å². The van der Waals surface area contributed by atoms with Gasteiger partial charge in [-0.1, -0.05) is 28.2 Å². The largest absolute Gasteiger partial charge is 0.444 e. The molecule has 5 nitrogen and oxygen atoms in total. The zero-order valence-corrected chi connectivity index (χ0v) is 16.7. The minimum atomic E-state index is -0.540. The molecule has 2 rings (SSSR count). The molecule has 0 N–H and O–H groups in total. The predicted molar refractivity (Wildman–Crippen MR) is 102 cm³/mol. The number of nitriles is 1. The van der Waals surface area contributed by atoms with Crippen molar-refractivity contribution in [2.45, 2.75) is 86.3 Å². The smallest absolute Gasteiger partial charge is 0.410 e. The Bertz CT molecular complexity index is 599. The molecule has 2 aliphatic rings. The first kappa shape index (κ1) is 22.5. The van der Waals surface area contributed by atoms with Gasteiger partial charge in [-0.25, -0.2) is 4.79 Å². The van der Waals surface area contributed by atoms with E-state index in [1.807, 2.05) is 34.6 Å². The van der Waals surface area contributed by atoms with Crippen LogP contribution in [0.5, 0.6) is 0 Å². The number of Topliss-reactive ketones (excluding diaryl/α,β-unsaturated/α-hetero) is 1. The number of fused-ring (bicyclic) bond motifs is 1. The van der Waals surface area contributed by atoms with Crippen molar-refractivity contribution < 1.29 is 14.3 Å². The van der Waals surface area contributed by atoms with Crippen LogP contribution in [-0.4, -0.2) is 35.5 Å². The third-order valence-corrected chi connectivity index (χ3v) is 6.21. The van der Waals surface area contributed by atoms with Crippen molar-refractivity contribution in [1.29, 1.82) is 5.26 Å². The van der Waals surface area contributed by atoms with Crippen LogP contribution in [0.15, 0.2) is 0 Å². The van der Waals surface area contributed by atoms with Gasteiger partial charge in [0, 0.05) is 18.5 Å². The maximum Gasteiger partial charge on any atom is 0.410 e. The molecule has 0 aromatic rings. The molecule has 0 aromatic heterocycles. The molecule has 0 spiro atoms. The predicted octanol–water partition coefficient (Wildman–Crippen LogP) is 4.80. The number of carbonyl (C=O) groups is 2. The van der Waals surface area contributed by atoms with Gasteiger partial charge in [0.1, 0.15) is 11.5 Å². The highest BCUT2D eigenvalue weighted by Gasteiger charge is 2.57. The van der Waals surface area contributed by atoms with E-state index in [0.717, 1.165) is 19.3 Å². The number of amides is 1. The van der Waals surface area contributed by atoms with Crippen molar-refractivity contribution >= 4 is 11.9 Å². The van der Waals surface area contributed by atoms with E-state index in [0.29, 0.717) is 6.42 Å². The molecule has 0 saturated heterocycles. The number of hydrogen-bond acceptors (Lipinski definition) is 4. The summed E-state index contributed by atoms with van der Waals surface area (Å²) in [7, 11) is 1.79. The van der Waals surface area contributed by atoms with Crippen molar-refractivity contribution in [1.82, 2.24) is 4.90 Å². The summed E-state index contributed by atoms with van der Waals surface area (Å²) >= 11 is 0. The lowest BCUT2D eigenvalue weighted by Gasteiger charge is -2.56. The second-order valence-electron chi connectivity index (χ2n) is 9.70. The minimum absolute atomic E-state index is 0. The lowest BCUT2D eigenvalue weighted by molar-refractivity contribution is -0.149. The van der Waals surface area contributed by atoms with Crippen LogP contribution < -0.4 is 0 Å². The van der Waals surface area contributed by atoms with E-state index in [9.17, 15) is 14.9 Å². The molecule has 5 heteroatoms. The quantitative estimate of drug-likeness (QED) is 0.670. The first-order chi connectivity index (χ1) is 11.3. The lowest BCUT2D eigenvalue weighted by atomic mass is 9.48. The van der Waals surface area contributed by atoms with Gasteiger partial charge >= 0.3 is 6.09 Å². The van der Waals surface area contributed by atoms with Crippen LogP contribution in [0.3, 0.4) is 0 Å². The van der Waals surface area contributed by atoms with Crippen molar-refractivity contribution in [2.24, 2.45) is 22.7 Å². The molecular weight excluding hydrogens is 328 g/mol. The van der Waals surface area contributed by atoms with Gasteiger partial charge in [0.2, 0.25) is 0 Å². The van der Waals surface area contributed by atoms with Crippen LogP contribution in [0, 0.1) is 34.0 Å². The van der Waals surface area contributed by atoms with Crippen LogP contribution in [0.2, 0.25) is 0 Å². The highest BCUT2D eigenvalue weighted by molar-refractivity contribution is 5.89. The van der Waals surface area contributed by atoms with Gasteiger partial charge in [0.15, 0.2) is 5.78 Å². The van der Waals surface area contributed by atoms with E-state index < -0.39 is 16.9 Å². The number of carbonyl (C=O) groups excluding carboxylic acids is 2. The Kier molecular flexibility index (Phi) is 6.23. The van der Waals surface area contributed by atoms with Gasteiger partial charge in [-0.2, -0.15) is 5.26 Å². The third kappa shape index (κ3) is 4.05. The van der Waals surface area contributed by atoms with E-state index in [-0.39, 0.29) is 36.7 Å². The first-order valence-corrected chi connectivity index (χ1v) is 9.21. The second-order valence-corrected chi connectivity index (χ2v) is 9.70. The number of nitrogens with zero attached hydrogens (tertiary/aromatic N) is 2. The van der Waals surface area contributed by atoms with Gasteiger partial charge in [0.05, 0.1) is 6.07 Å². The molecular formula is C21H36N2O3. The minimum Gasteiger partial charge on any atom is -0.444 e. The van der Waals surface area contributed by atoms with E-state index >= 15 is 0 Å². The van der Waals surface area contributed by atoms with E-state index in [1.165, 1.54) is 0 Å². The molecule has 0 bridgehead atoms. The van der Waals surface area contributed by atoms with Crippen molar-refractivity contribution in [2.75, 3.05) is 7.05 Å². The Morgan fingerprint density at radius 3 is 2.31 bits per heavy atom. The Balaban J connectivity index is 0.00000338. The van der Waals surface area contributed by atoms with Crippen LogP contribution in [0.25, 0.3) is 0 Å². The standard InChI is InChI=1S/C20H32N2O3.CH4/c1-18(2,3)25-17(24)22(7)14-8-9-15-19(4,5)16(23)13(12-21)10-20(15,6)11-14;/h13-15H,8-11H2,1-7H3;1H4. The molecule has 1 amide bonds. The Hall–Kier alpha value is -1.57. The van der Waals surface area contributed by atoms with Gasteiger partial charge in [-0.05, 0) is 57.8 Å². The number of ketones is 1. The fourth-order valence-corrected chi connectivity index (χ4v) is 5.05. The molecule has 2 aliphatic carbocycles.